The Balaban J connectivity index is 0.000000630. The summed E-state index contributed by atoms with van der Waals surface area (Å²) in [6, 6.07) is 38.4. The molecule has 0 saturated heterocycles. The Labute approximate surface area is 188 Å². The summed E-state index contributed by atoms with van der Waals surface area (Å²) in [6.07, 6.45) is 1.25. The Morgan fingerprint density at radius 1 is 0.516 bits per heavy atom. The quantitative estimate of drug-likeness (QED) is 0.305. The summed E-state index contributed by atoms with van der Waals surface area (Å²) in [5.74, 6) is 0. The van der Waals surface area contributed by atoms with E-state index in [4.69, 9.17) is 0 Å². The second kappa shape index (κ2) is 12.9. The SMILES string of the molecule is C=C.CCC.Cc1ccc(-c2ccc(N(c3ccccc3)c3ccccc3)cc2)cc1. The molecule has 1 nitrogen and oxygen atoms in total. The van der Waals surface area contributed by atoms with Crippen LogP contribution in [-0.4, -0.2) is 0 Å². The third kappa shape index (κ3) is 6.72. The summed E-state index contributed by atoms with van der Waals surface area (Å²) in [5.41, 5.74) is 7.22. The standard InChI is InChI=1S/C25H21N.C3H8.C2H4/c1-20-12-14-21(15-13-20)22-16-18-25(19-17-22)26(23-8-4-2-5-9-23)24-10-6-3-7-11-24;1-3-2;1-2/h2-19H,1H3;3H2,1-2H3;1-2H2. The lowest BCUT2D eigenvalue weighted by Gasteiger charge is -2.25. The molecule has 0 aliphatic carbocycles. The summed E-state index contributed by atoms with van der Waals surface area (Å²) >= 11 is 0. The van der Waals surface area contributed by atoms with E-state index in [9.17, 15) is 0 Å². The fraction of sp³-hybridized carbons (Fsp3) is 0.133. The lowest BCUT2D eigenvalue weighted by Crippen LogP contribution is -2.09. The zero-order chi connectivity index (χ0) is 22.5. The van der Waals surface area contributed by atoms with Crippen molar-refractivity contribution in [3.8, 4) is 11.1 Å². The smallest absolute Gasteiger partial charge is 0.0462 e. The molecule has 31 heavy (non-hydrogen) atoms. The number of benzene rings is 4. The molecule has 4 rings (SSSR count). The van der Waals surface area contributed by atoms with Crippen LogP contribution in [-0.2, 0) is 0 Å². The Morgan fingerprint density at radius 3 is 1.23 bits per heavy atom. The first kappa shape index (κ1) is 23.7. The lowest BCUT2D eigenvalue weighted by molar-refractivity contribution is 1.09. The molecule has 0 saturated carbocycles. The van der Waals surface area contributed by atoms with Crippen molar-refractivity contribution in [1.29, 1.82) is 0 Å². The molecular weight excluding hydrogens is 374 g/mol. The highest BCUT2D eigenvalue weighted by Gasteiger charge is 2.11. The Morgan fingerprint density at radius 2 is 0.839 bits per heavy atom. The van der Waals surface area contributed by atoms with Gasteiger partial charge in [0.25, 0.3) is 0 Å². The summed E-state index contributed by atoms with van der Waals surface area (Å²) in [4.78, 5) is 2.28. The van der Waals surface area contributed by atoms with Crippen LogP contribution in [0.5, 0.6) is 0 Å². The molecule has 0 aliphatic rings. The number of hydrogen-bond acceptors (Lipinski definition) is 1. The highest BCUT2D eigenvalue weighted by molar-refractivity contribution is 5.78. The molecule has 0 spiro atoms. The van der Waals surface area contributed by atoms with Gasteiger partial charge < -0.3 is 4.90 Å². The molecule has 0 atom stereocenters. The summed E-state index contributed by atoms with van der Waals surface area (Å²) in [7, 11) is 0. The van der Waals surface area contributed by atoms with Crippen molar-refractivity contribution in [2.75, 3.05) is 4.90 Å². The van der Waals surface area contributed by atoms with Crippen LogP contribution in [0.25, 0.3) is 11.1 Å². The number of para-hydroxylation sites is 2. The monoisotopic (exact) mass is 407 g/mol. The third-order valence-electron chi connectivity index (χ3n) is 4.54. The van der Waals surface area contributed by atoms with Crippen LogP contribution in [0.15, 0.2) is 122 Å². The maximum absolute atomic E-state index is 3.00. The summed E-state index contributed by atoms with van der Waals surface area (Å²) in [6.45, 7) is 12.4. The van der Waals surface area contributed by atoms with Gasteiger partial charge in [-0.05, 0) is 54.4 Å². The number of anilines is 3. The molecule has 0 radical (unpaired) electrons. The van der Waals surface area contributed by atoms with Gasteiger partial charge in [0.05, 0.1) is 0 Å². The van der Waals surface area contributed by atoms with Crippen molar-refractivity contribution < 1.29 is 0 Å². The summed E-state index contributed by atoms with van der Waals surface area (Å²) < 4.78 is 0. The highest BCUT2D eigenvalue weighted by Crippen LogP contribution is 2.35. The van der Waals surface area contributed by atoms with E-state index in [1.54, 1.807) is 0 Å². The van der Waals surface area contributed by atoms with Crippen molar-refractivity contribution in [3.05, 3.63) is 128 Å². The molecule has 1 heteroatoms. The minimum absolute atomic E-state index is 1.15. The number of hydrogen-bond donors (Lipinski definition) is 0. The van der Waals surface area contributed by atoms with Crippen LogP contribution in [0, 0.1) is 6.92 Å². The fourth-order valence-electron chi connectivity index (χ4n) is 3.15. The molecule has 0 aliphatic heterocycles. The fourth-order valence-corrected chi connectivity index (χ4v) is 3.15. The van der Waals surface area contributed by atoms with E-state index < -0.39 is 0 Å². The second-order valence-corrected chi connectivity index (χ2v) is 7.13. The van der Waals surface area contributed by atoms with Gasteiger partial charge in [-0.3, -0.25) is 0 Å². The van der Waals surface area contributed by atoms with Crippen molar-refractivity contribution in [2.24, 2.45) is 0 Å². The van der Waals surface area contributed by atoms with Gasteiger partial charge in [0.2, 0.25) is 0 Å². The average Bonchev–Trinajstić information content (AvgIpc) is 2.84. The third-order valence-corrected chi connectivity index (χ3v) is 4.54. The first-order valence-corrected chi connectivity index (χ1v) is 10.8. The largest absolute Gasteiger partial charge is 0.311 e. The molecule has 0 amide bonds. The van der Waals surface area contributed by atoms with E-state index in [1.807, 2.05) is 12.1 Å². The Hall–Kier alpha value is -3.58. The molecular formula is C30H33N. The molecule has 0 fully saturated rings. The minimum Gasteiger partial charge on any atom is -0.311 e. The molecule has 0 unspecified atom stereocenters. The normalized spacial score (nSPS) is 9.52. The van der Waals surface area contributed by atoms with Crippen LogP contribution in [0.1, 0.15) is 25.8 Å². The average molecular weight is 408 g/mol. The molecule has 0 N–H and O–H groups in total. The number of nitrogens with zero attached hydrogens (tertiary/aromatic N) is 1. The lowest BCUT2D eigenvalue weighted by atomic mass is 10.0. The Bertz CT molecular complexity index is 948. The summed E-state index contributed by atoms with van der Waals surface area (Å²) in [5, 5.41) is 0. The Kier molecular flexibility index (Phi) is 9.84. The zero-order valence-corrected chi connectivity index (χ0v) is 19.0. The molecule has 4 aromatic carbocycles. The van der Waals surface area contributed by atoms with Crippen LogP contribution < -0.4 is 4.90 Å². The van der Waals surface area contributed by atoms with Crippen molar-refractivity contribution in [2.45, 2.75) is 27.2 Å². The minimum atomic E-state index is 1.15. The predicted molar refractivity (Wildman–Crippen MR) is 139 cm³/mol. The van der Waals surface area contributed by atoms with Crippen molar-refractivity contribution >= 4 is 17.1 Å². The van der Waals surface area contributed by atoms with Crippen LogP contribution in [0.2, 0.25) is 0 Å². The van der Waals surface area contributed by atoms with Crippen molar-refractivity contribution in [1.82, 2.24) is 0 Å². The van der Waals surface area contributed by atoms with Crippen LogP contribution >= 0.6 is 0 Å². The van der Waals surface area contributed by atoms with Gasteiger partial charge in [0.1, 0.15) is 0 Å². The van der Waals surface area contributed by atoms with Gasteiger partial charge in [0, 0.05) is 17.1 Å². The maximum atomic E-state index is 3.00. The van der Waals surface area contributed by atoms with Crippen LogP contribution in [0.4, 0.5) is 17.1 Å². The van der Waals surface area contributed by atoms with Crippen molar-refractivity contribution in [3.63, 3.8) is 0 Å². The van der Waals surface area contributed by atoms with Gasteiger partial charge >= 0.3 is 0 Å². The molecule has 0 bridgehead atoms. The van der Waals surface area contributed by atoms with E-state index in [2.05, 4.69) is 136 Å². The highest BCUT2D eigenvalue weighted by atomic mass is 15.1. The molecule has 4 aromatic rings. The van der Waals surface area contributed by atoms with Crippen LogP contribution in [0.3, 0.4) is 0 Å². The van der Waals surface area contributed by atoms with E-state index >= 15 is 0 Å². The van der Waals surface area contributed by atoms with E-state index in [-0.39, 0.29) is 0 Å². The van der Waals surface area contributed by atoms with Gasteiger partial charge in [-0.25, -0.2) is 0 Å². The maximum Gasteiger partial charge on any atom is 0.0462 e. The van der Waals surface area contributed by atoms with Gasteiger partial charge in [-0.1, -0.05) is 98.6 Å². The first-order valence-electron chi connectivity index (χ1n) is 10.8. The van der Waals surface area contributed by atoms with Gasteiger partial charge in [0.15, 0.2) is 0 Å². The van der Waals surface area contributed by atoms with E-state index in [0.717, 1.165) is 17.1 Å². The molecule has 0 heterocycles. The molecule has 158 valence electrons. The van der Waals surface area contributed by atoms with Gasteiger partial charge in [-0.2, -0.15) is 0 Å². The predicted octanol–water partition coefficient (Wildman–Crippen LogP) is 9.35. The number of aryl methyl sites for hydroxylation is 1. The zero-order valence-electron chi connectivity index (χ0n) is 19.0. The molecule has 0 aromatic heterocycles. The number of rotatable bonds is 4. The second-order valence-electron chi connectivity index (χ2n) is 7.13. The van der Waals surface area contributed by atoms with E-state index in [0.29, 0.717) is 0 Å². The topological polar surface area (TPSA) is 3.24 Å². The van der Waals surface area contributed by atoms with E-state index in [1.165, 1.54) is 23.1 Å². The first-order chi connectivity index (χ1) is 15.2. The van der Waals surface area contributed by atoms with Gasteiger partial charge in [-0.15, -0.1) is 13.2 Å².